The highest BCUT2D eigenvalue weighted by molar-refractivity contribution is 5.98. The molecule has 0 spiro atoms. The van der Waals surface area contributed by atoms with Crippen LogP contribution in [-0.2, 0) is 5.41 Å². The molecule has 1 amide bonds. The molecule has 0 radical (unpaired) electrons. The number of carbonyl (C=O) groups is 1. The van der Waals surface area contributed by atoms with Crippen LogP contribution in [0.15, 0.2) is 83.5 Å². The first-order chi connectivity index (χ1) is 14.4. The Kier molecular flexibility index (Phi) is 5.14. The van der Waals surface area contributed by atoms with Gasteiger partial charge in [-0.15, -0.1) is 15.6 Å². The monoisotopic (exact) mass is 399 g/mol. The Labute approximate surface area is 175 Å². The molecule has 2 aromatic heterocycles. The fourth-order valence-corrected chi connectivity index (χ4v) is 2.98. The summed E-state index contributed by atoms with van der Waals surface area (Å²) < 4.78 is 7.36. The predicted molar refractivity (Wildman–Crippen MR) is 114 cm³/mol. The number of hydrogen-bond donors (Lipinski definition) is 1. The molecule has 0 atom stereocenters. The molecule has 150 valence electrons. The normalized spacial score (nSPS) is 11.3. The van der Waals surface area contributed by atoms with Gasteiger partial charge in [0.25, 0.3) is 0 Å². The van der Waals surface area contributed by atoms with Crippen molar-refractivity contribution in [3.8, 4) is 22.9 Å². The summed E-state index contributed by atoms with van der Waals surface area (Å²) in [6.07, 6.45) is 3.48. The minimum atomic E-state index is -0.183. The van der Waals surface area contributed by atoms with Crippen LogP contribution in [0.1, 0.15) is 36.7 Å². The molecule has 4 aromatic rings. The number of benzene rings is 2. The van der Waals surface area contributed by atoms with Gasteiger partial charge in [-0.2, -0.15) is 0 Å². The summed E-state index contributed by atoms with van der Waals surface area (Å²) in [7, 11) is 0. The Balaban J connectivity index is 1.45. The molecule has 6 nitrogen and oxygen atoms in total. The zero-order chi connectivity index (χ0) is 21.1. The van der Waals surface area contributed by atoms with Crippen LogP contribution < -0.4 is 10.1 Å². The number of nitrogens with one attached hydrogen (secondary N) is 1. The molecular formula is C24H23N4O2+. The van der Waals surface area contributed by atoms with E-state index in [0.29, 0.717) is 17.3 Å². The van der Waals surface area contributed by atoms with E-state index < -0.39 is 0 Å². The average molecular weight is 399 g/mol. The molecular weight excluding hydrogens is 376 g/mol. The second-order valence-electron chi connectivity index (χ2n) is 8.04. The van der Waals surface area contributed by atoms with E-state index in [2.05, 4.69) is 36.4 Å². The van der Waals surface area contributed by atoms with E-state index in [1.54, 1.807) is 17.1 Å². The van der Waals surface area contributed by atoms with Crippen LogP contribution in [0.4, 0.5) is 0 Å². The van der Waals surface area contributed by atoms with E-state index in [1.165, 1.54) is 5.56 Å². The number of rotatable bonds is 4. The highest BCUT2D eigenvalue weighted by Crippen LogP contribution is 2.23. The molecule has 4 rings (SSSR count). The maximum Gasteiger partial charge on any atom is 0.305 e. The molecule has 6 heteroatoms. The molecule has 0 fully saturated rings. The van der Waals surface area contributed by atoms with E-state index >= 15 is 0 Å². The summed E-state index contributed by atoms with van der Waals surface area (Å²) >= 11 is 0. The molecule has 0 unspecified atom stereocenters. The molecule has 0 bridgehead atoms. The van der Waals surface area contributed by atoms with E-state index in [1.807, 2.05) is 66.7 Å². The van der Waals surface area contributed by atoms with Gasteiger partial charge < -0.3 is 4.42 Å². The second kappa shape index (κ2) is 7.91. The van der Waals surface area contributed by atoms with Crippen LogP contribution in [0.3, 0.4) is 0 Å². The van der Waals surface area contributed by atoms with Crippen molar-refractivity contribution >= 4 is 5.91 Å². The van der Waals surface area contributed by atoms with Crippen molar-refractivity contribution in [2.75, 3.05) is 5.43 Å². The number of carbonyl (C=O) groups excluding carboxylic acids is 1. The van der Waals surface area contributed by atoms with Crippen molar-refractivity contribution in [2.45, 2.75) is 26.2 Å². The predicted octanol–water partition coefficient (Wildman–Crippen LogP) is 4.37. The van der Waals surface area contributed by atoms with Crippen LogP contribution in [0, 0.1) is 0 Å². The van der Waals surface area contributed by atoms with Crippen LogP contribution >= 0.6 is 0 Å². The lowest BCUT2D eigenvalue weighted by Crippen LogP contribution is -2.47. The molecule has 30 heavy (non-hydrogen) atoms. The Morgan fingerprint density at radius 2 is 1.40 bits per heavy atom. The van der Waals surface area contributed by atoms with Gasteiger partial charge in [0, 0.05) is 23.3 Å². The van der Waals surface area contributed by atoms with Crippen LogP contribution in [0.25, 0.3) is 22.9 Å². The third-order valence-electron chi connectivity index (χ3n) is 4.77. The smallest absolute Gasteiger partial charge is 0.305 e. The number of hydrogen-bond acceptors (Lipinski definition) is 4. The fraction of sp³-hybridized carbons (Fsp3) is 0.167. The Morgan fingerprint density at radius 3 is 1.97 bits per heavy atom. The Bertz CT molecular complexity index is 1140. The second-order valence-corrected chi connectivity index (χ2v) is 8.04. The van der Waals surface area contributed by atoms with Crippen LogP contribution in [-0.4, -0.2) is 16.1 Å². The van der Waals surface area contributed by atoms with Gasteiger partial charge >= 0.3 is 5.91 Å². The maximum absolute atomic E-state index is 12.5. The van der Waals surface area contributed by atoms with Crippen molar-refractivity contribution in [1.82, 2.24) is 10.2 Å². The summed E-state index contributed by atoms with van der Waals surface area (Å²) in [5, 5.41) is 8.22. The van der Waals surface area contributed by atoms with Gasteiger partial charge in [-0.3, -0.25) is 4.79 Å². The summed E-state index contributed by atoms with van der Waals surface area (Å²) in [4.78, 5) is 12.5. The molecule has 0 aliphatic carbocycles. The average Bonchev–Trinajstić information content (AvgIpc) is 3.25. The molecule has 2 aromatic carbocycles. The maximum atomic E-state index is 12.5. The standard InChI is InChI=1S/C24H22N4O2/c1-24(2,3)20-11-9-17(10-12-20)21(29)27-28-15-13-19(14-16-28)23-26-25-22(30-23)18-7-5-4-6-8-18/h4-16H,1-3H3/p+1. The quantitative estimate of drug-likeness (QED) is 0.517. The summed E-state index contributed by atoms with van der Waals surface area (Å²) in [6.45, 7) is 6.43. The van der Waals surface area contributed by atoms with E-state index in [0.717, 1.165) is 11.1 Å². The lowest BCUT2D eigenvalue weighted by Gasteiger charge is -2.18. The van der Waals surface area contributed by atoms with Gasteiger partial charge in [0.2, 0.25) is 24.2 Å². The summed E-state index contributed by atoms with van der Waals surface area (Å²) in [6, 6.07) is 20.9. The lowest BCUT2D eigenvalue weighted by molar-refractivity contribution is -0.641. The van der Waals surface area contributed by atoms with Crippen LogP contribution in [0.2, 0.25) is 0 Å². The van der Waals surface area contributed by atoms with Gasteiger partial charge in [-0.05, 0) is 35.2 Å². The topological polar surface area (TPSA) is 71.9 Å². The zero-order valence-corrected chi connectivity index (χ0v) is 17.2. The van der Waals surface area contributed by atoms with Crippen LogP contribution in [0.5, 0.6) is 0 Å². The van der Waals surface area contributed by atoms with Crippen molar-refractivity contribution in [3.63, 3.8) is 0 Å². The molecule has 0 saturated carbocycles. The van der Waals surface area contributed by atoms with E-state index in [9.17, 15) is 4.79 Å². The van der Waals surface area contributed by atoms with E-state index in [4.69, 9.17) is 4.42 Å². The molecule has 0 aliphatic heterocycles. The first-order valence-corrected chi connectivity index (χ1v) is 9.73. The van der Waals surface area contributed by atoms with Crippen molar-refractivity contribution in [3.05, 3.63) is 90.3 Å². The highest BCUT2D eigenvalue weighted by atomic mass is 16.4. The van der Waals surface area contributed by atoms with Gasteiger partial charge in [0.05, 0.1) is 5.56 Å². The number of pyridine rings is 1. The number of nitrogens with zero attached hydrogens (tertiary/aromatic N) is 3. The third-order valence-corrected chi connectivity index (χ3v) is 4.77. The summed E-state index contributed by atoms with van der Waals surface area (Å²) in [5.74, 6) is 0.705. The van der Waals surface area contributed by atoms with Gasteiger partial charge in [-0.25, -0.2) is 0 Å². The molecule has 0 aliphatic rings. The van der Waals surface area contributed by atoms with Gasteiger partial charge in [0.1, 0.15) is 0 Å². The highest BCUT2D eigenvalue weighted by Gasteiger charge is 2.16. The first kappa shape index (κ1) is 19.5. The van der Waals surface area contributed by atoms with Crippen molar-refractivity contribution < 1.29 is 13.9 Å². The SMILES string of the molecule is CC(C)(C)c1ccc(C(=O)N[n+]2ccc(-c3nnc(-c4ccccc4)o3)cc2)cc1. The lowest BCUT2D eigenvalue weighted by atomic mass is 9.87. The summed E-state index contributed by atoms with van der Waals surface area (Å²) in [5.41, 5.74) is 6.31. The minimum Gasteiger partial charge on any atom is -0.416 e. The van der Waals surface area contributed by atoms with E-state index in [-0.39, 0.29) is 11.3 Å². The van der Waals surface area contributed by atoms with Gasteiger partial charge in [-0.1, -0.05) is 55.8 Å². The zero-order valence-electron chi connectivity index (χ0n) is 17.2. The minimum absolute atomic E-state index is 0.0503. The molecule has 0 saturated heterocycles. The largest absolute Gasteiger partial charge is 0.416 e. The van der Waals surface area contributed by atoms with Gasteiger partial charge in [0.15, 0.2) is 0 Å². The Morgan fingerprint density at radius 1 is 0.833 bits per heavy atom. The number of amides is 1. The molecule has 1 N–H and O–H groups in total. The molecule has 2 heterocycles. The first-order valence-electron chi connectivity index (χ1n) is 9.73. The van der Waals surface area contributed by atoms with Crippen molar-refractivity contribution in [1.29, 1.82) is 0 Å². The Hall–Kier alpha value is -3.80. The number of aromatic nitrogens is 3. The van der Waals surface area contributed by atoms with Crippen molar-refractivity contribution in [2.24, 2.45) is 0 Å². The fourth-order valence-electron chi connectivity index (χ4n) is 2.98. The third kappa shape index (κ3) is 4.27.